The smallest absolute Gasteiger partial charge is 0.0789 e. The average molecular weight is 555 g/mol. The van der Waals surface area contributed by atoms with Crippen molar-refractivity contribution in [2.24, 2.45) is 11.8 Å². The zero-order chi connectivity index (χ0) is 28.3. The van der Waals surface area contributed by atoms with E-state index >= 15 is 0 Å². The lowest BCUT2D eigenvalue weighted by molar-refractivity contribution is 0.476. The normalized spacial score (nSPS) is 24.8. The van der Waals surface area contributed by atoms with Gasteiger partial charge in [-0.15, -0.1) is 0 Å². The van der Waals surface area contributed by atoms with E-state index in [1.807, 2.05) is 0 Å². The molecule has 5 aromatic rings. The van der Waals surface area contributed by atoms with Crippen LogP contribution in [0.1, 0.15) is 43.7 Å². The minimum Gasteiger partial charge on any atom is -0.341 e. The maximum atomic E-state index is 2.74. The zero-order valence-electron chi connectivity index (χ0n) is 24.6. The Morgan fingerprint density at radius 3 is 2.56 bits per heavy atom. The molecule has 2 aliphatic heterocycles. The number of benzene rings is 5. The van der Waals surface area contributed by atoms with Crippen LogP contribution in [0.25, 0.3) is 38.4 Å². The monoisotopic (exact) mass is 554 g/mol. The van der Waals surface area contributed by atoms with Crippen LogP contribution >= 0.6 is 0 Å². The van der Waals surface area contributed by atoms with Crippen LogP contribution in [0.2, 0.25) is 0 Å². The summed E-state index contributed by atoms with van der Waals surface area (Å²) < 4.78 is 0. The Kier molecular flexibility index (Phi) is 4.74. The van der Waals surface area contributed by atoms with E-state index in [9.17, 15) is 0 Å². The van der Waals surface area contributed by atoms with E-state index in [0.29, 0.717) is 11.8 Å². The van der Waals surface area contributed by atoms with Crippen LogP contribution in [0.5, 0.6) is 0 Å². The summed E-state index contributed by atoms with van der Waals surface area (Å²) in [6.45, 7) is 3.56. The van der Waals surface area contributed by atoms with Crippen molar-refractivity contribution in [2.45, 2.75) is 38.1 Å². The van der Waals surface area contributed by atoms with Gasteiger partial charge in [-0.05, 0) is 100 Å². The molecule has 43 heavy (non-hydrogen) atoms. The Balaban J connectivity index is 1.14. The zero-order valence-corrected chi connectivity index (χ0v) is 24.6. The van der Waals surface area contributed by atoms with Gasteiger partial charge in [0.25, 0.3) is 0 Å². The number of anilines is 2. The van der Waals surface area contributed by atoms with Gasteiger partial charge in [-0.3, -0.25) is 0 Å². The fraction of sp³-hybridized carbons (Fsp3) is 0.220. The molecule has 0 bridgehead atoms. The van der Waals surface area contributed by atoms with Gasteiger partial charge < -0.3 is 9.80 Å². The summed E-state index contributed by atoms with van der Waals surface area (Å²) in [6.07, 6.45) is 12.1. The molecule has 0 amide bonds. The van der Waals surface area contributed by atoms with Gasteiger partial charge in [-0.1, -0.05) is 91.9 Å². The molecule has 3 atom stereocenters. The van der Waals surface area contributed by atoms with Crippen LogP contribution in [0.3, 0.4) is 0 Å². The topological polar surface area (TPSA) is 6.48 Å². The second-order valence-corrected chi connectivity index (χ2v) is 13.3. The van der Waals surface area contributed by atoms with E-state index in [1.54, 1.807) is 11.1 Å². The van der Waals surface area contributed by atoms with Crippen LogP contribution in [-0.2, 0) is 5.54 Å². The largest absolute Gasteiger partial charge is 0.341 e. The van der Waals surface area contributed by atoms with Gasteiger partial charge in [-0.25, -0.2) is 0 Å². The van der Waals surface area contributed by atoms with E-state index in [4.69, 9.17) is 0 Å². The Labute approximate surface area is 253 Å². The fourth-order valence-corrected chi connectivity index (χ4v) is 9.07. The molecule has 5 aromatic carbocycles. The van der Waals surface area contributed by atoms with E-state index in [2.05, 4.69) is 132 Å². The molecule has 0 aromatic heterocycles. The molecule has 2 heterocycles. The van der Waals surface area contributed by atoms with Crippen LogP contribution in [0, 0.1) is 11.8 Å². The van der Waals surface area contributed by atoms with Gasteiger partial charge in [0.2, 0.25) is 0 Å². The molecule has 2 nitrogen and oxygen atoms in total. The van der Waals surface area contributed by atoms with Gasteiger partial charge in [-0.2, -0.15) is 0 Å². The molecule has 0 N–H and O–H groups in total. The van der Waals surface area contributed by atoms with Crippen molar-refractivity contribution in [3.05, 3.63) is 138 Å². The van der Waals surface area contributed by atoms with Crippen molar-refractivity contribution >= 4 is 38.6 Å². The van der Waals surface area contributed by atoms with Crippen LogP contribution in [0.15, 0.2) is 127 Å². The summed E-state index contributed by atoms with van der Waals surface area (Å²) in [5.41, 5.74) is 12.9. The molecule has 10 rings (SSSR count). The van der Waals surface area contributed by atoms with Crippen LogP contribution in [0.4, 0.5) is 11.4 Å². The summed E-state index contributed by atoms with van der Waals surface area (Å²) in [4.78, 5) is 5.42. The van der Waals surface area contributed by atoms with Gasteiger partial charge >= 0.3 is 0 Å². The van der Waals surface area contributed by atoms with E-state index < -0.39 is 0 Å². The van der Waals surface area contributed by atoms with Crippen molar-refractivity contribution in [1.29, 1.82) is 0 Å². The average Bonchev–Trinajstić information content (AvgIpc) is 3.69. The van der Waals surface area contributed by atoms with Crippen molar-refractivity contribution < 1.29 is 0 Å². The molecule has 0 radical (unpaired) electrons. The third kappa shape index (κ3) is 3.14. The predicted molar refractivity (Wildman–Crippen MR) is 179 cm³/mol. The van der Waals surface area contributed by atoms with Gasteiger partial charge in [0.05, 0.1) is 11.2 Å². The Hall–Kier alpha value is -4.56. The maximum absolute atomic E-state index is 2.74. The predicted octanol–water partition coefficient (Wildman–Crippen LogP) is 10.3. The van der Waals surface area contributed by atoms with Crippen molar-refractivity contribution in [2.75, 3.05) is 11.4 Å². The molecule has 0 saturated heterocycles. The molecular formula is C41H34N2. The van der Waals surface area contributed by atoms with Gasteiger partial charge in [0, 0.05) is 40.5 Å². The summed E-state index contributed by atoms with van der Waals surface area (Å²) in [6, 6.07) is 36.6. The molecule has 2 heteroatoms. The lowest BCUT2D eigenvalue weighted by atomic mass is 9.82. The lowest BCUT2D eigenvalue weighted by Gasteiger charge is -2.35. The Morgan fingerprint density at radius 2 is 1.63 bits per heavy atom. The van der Waals surface area contributed by atoms with Crippen LogP contribution < -0.4 is 4.90 Å². The highest BCUT2D eigenvalue weighted by atomic mass is 15.3. The molecule has 1 fully saturated rings. The minimum atomic E-state index is 0.0208. The fourth-order valence-electron chi connectivity index (χ4n) is 9.07. The Bertz CT molecular complexity index is 2100. The molecule has 5 aliphatic rings. The minimum absolute atomic E-state index is 0.0208. The SMILES string of the molecule is CC1CN(C2=CCCCC=C2)C2=C1C1CC13c1c2ccc2cccc(c12)N3c1ccc2cc(-c3ccccc3)ccc2c1. The molecular weight excluding hydrogens is 520 g/mol. The van der Waals surface area contributed by atoms with E-state index in [1.165, 1.54) is 86.7 Å². The first-order chi connectivity index (χ1) is 21.2. The summed E-state index contributed by atoms with van der Waals surface area (Å²) in [7, 11) is 0. The number of fused-ring (bicyclic) bond motifs is 3. The molecule has 208 valence electrons. The molecule has 3 aliphatic carbocycles. The lowest BCUT2D eigenvalue weighted by Crippen LogP contribution is -2.32. The number of hydrogen-bond acceptors (Lipinski definition) is 2. The number of rotatable bonds is 3. The molecule has 3 unspecified atom stereocenters. The number of hydrogen-bond donors (Lipinski definition) is 0. The third-order valence-electron chi connectivity index (χ3n) is 10.9. The number of allylic oxidation sites excluding steroid dienone is 3. The highest BCUT2D eigenvalue weighted by molar-refractivity contribution is 6.09. The van der Waals surface area contributed by atoms with Crippen molar-refractivity contribution in [1.82, 2.24) is 4.90 Å². The first-order valence-electron chi connectivity index (χ1n) is 16.1. The third-order valence-corrected chi connectivity index (χ3v) is 10.9. The summed E-state index contributed by atoms with van der Waals surface area (Å²) in [5, 5.41) is 5.44. The highest BCUT2D eigenvalue weighted by Crippen LogP contribution is 2.74. The highest BCUT2D eigenvalue weighted by Gasteiger charge is 2.69. The van der Waals surface area contributed by atoms with E-state index in [0.717, 1.165) is 6.54 Å². The molecule has 1 saturated carbocycles. The van der Waals surface area contributed by atoms with Gasteiger partial charge in [0.15, 0.2) is 0 Å². The van der Waals surface area contributed by atoms with Crippen molar-refractivity contribution in [3.8, 4) is 11.1 Å². The van der Waals surface area contributed by atoms with Crippen molar-refractivity contribution in [3.63, 3.8) is 0 Å². The maximum Gasteiger partial charge on any atom is 0.0789 e. The van der Waals surface area contributed by atoms with E-state index in [-0.39, 0.29) is 5.54 Å². The van der Waals surface area contributed by atoms with Gasteiger partial charge in [0.1, 0.15) is 0 Å². The second kappa shape index (κ2) is 8.51. The first kappa shape index (κ1) is 23.9. The molecule has 1 spiro atoms. The van der Waals surface area contributed by atoms with Crippen LogP contribution in [-0.4, -0.2) is 11.4 Å². The Morgan fingerprint density at radius 1 is 0.767 bits per heavy atom. The quantitative estimate of drug-likeness (QED) is 0.219. The standard InChI is InChI=1S/C41H34N2/c1-26-25-42(32-13-7-2-3-8-14-32)40-34-21-19-28-12-9-15-36-38(28)39(34)41(24-35(41)37(26)40)43(36)33-20-18-30-22-29(16-17-31(30)23-33)27-10-5-4-6-11-27/h4-7,9-23,26,35H,2-3,8,24-25H2,1H3. The second-order valence-electron chi connectivity index (χ2n) is 13.3. The summed E-state index contributed by atoms with van der Waals surface area (Å²) >= 11 is 0. The first-order valence-corrected chi connectivity index (χ1v) is 16.1. The summed E-state index contributed by atoms with van der Waals surface area (Å²) in [5.74, 6) is 1.11. The number of nitrogens with zero attached hydrogens (tertiary/aromatic N) is 2.